The molecule has 0 aliphatic heterocycles. The number of rotatable bonds is 6. The van der Waals surface area contributed by atoms with Crippen molar-refractivity contribution in [2.24, 2.45) is 5.92 Å². The van der Waals surface area contributed by atoms with Crippen molar-refractivity contribution in [1.82, 2.24) is 5.32 Å². The molecular weight excluding hydrogens is 296 g/mol. The van der Waals surface area contributed by atoms with Crippen LogP contribution >= 0.6 is 0 Å². The number of para-hydroxylation sites is 1. The number of nitrogens with zero attached hydrogens (tertiary/aromatic N) is 1. The molecule has 2 unspecified atom stereocenters. The van der Waals surface area contributed by atoms with Gasteiger partial charge in [0.05, 0.1) is 23.1 Å². The van der Waals surface area contributed by atoms with E-state index in [0.717, 1.165) is 31.6 Å². The number of aliphatic hydroxyl groups is 1. The average Bonchev–Trinajstić information content (AvgIpc) is 3.17. The molecule has 0 radical (unpaired) electrons. The van der Waals surface area contributed by atoms with Crippen LogP contribution in [-0.4, -0.2) is 22.7 Å². The first-order valence-corrected chi connectivity index (χ1v) is 7.86. The van der Waals surface area contributed by atoms with Crippen LogP contribution in [0.25, 0.3) is 11.3 Å². The summed E-state index contributed by atoms with van der Waals surface area (Å²) in [5.41, 5.74) is 0.519. The van der Waals surface area contributed by atoms with Gasteiger partial charge < -0.3 is 14.8 Å². The Hall–Kier alpha value is -2.18. The van der Waals surface area contributed by atoms with Crippen molar-refractivity contribution >= 4 is 5.69 Å². The molecule has 3 rings (SSSR count). The van der Waals surface area contributed by atoms with Crippen LogP contribution < -0.4 is 5.32 Å². The molecule has 0 spiro atoms. The molecule has 0 bridgehead atoms. The first-order valence-electron chi connectivity index (χ1n) is 7.86. The van der Waals surface area contributed by atoms with Crippen LogP contribution in [0.5, 0.6) is 0 Å². The second kappa shape index (κ2) is 6.93. The highest BCUT2D eigenvalue weighted by molar-refractivity contribution is 5.69. The Labute approximate surface area is 134 Å². The second-order valence-corrected chi connectivity index (χ2v) is 5.93. The lowest BCUT2D eigenvalue weighted by Crippen LogP contribution is -2.27. The van der Waals surface area contributed by atoms with E-state index in [-0.39, 0.29) is 11.8 Å². The summed E-state index contributed by atoms with van der Waals surface area (Å²) in [6, 6.07) is 10.1. The zero-order chi connectivity index (χ0) is 16.2. The Bertz CT molecular complexity index is 683. The Morgan fingerprint density at radius 1 is 1.26 bits per heavy atom. The van der Waals surface area contributed by atoms with Crippen LogP contribution in [0.3, 0.4) is 0 Å². The largest absolute Gasteiger partial charge is 0.459 e. The molecule has 1 saturated carbocycles. The van der Waals surface area contributed by atoms with Crippen LogP contribution in [0.2, 0.25) is 0 Å². The predicted octanol–water partition coefficient (Wildman–Crippen LogP) is 3.11. The molecule has 1 heterocycles. The summed E-state index contributed by atoms with van der Waals surface area (Å²) in [7, 11) is 0. The fourth-order valence-corrected chi connectivity index (χ4v) is 3.10. The van der Waals surface area contributed by atoms with Gasteiger partial charge in [0.25, 0.3) is 5.69 Å². The van der Waals surface area contributed by atoms with E-state index in [1.54, 1.807) is 24.3 Å². The molecule has 1 aromatic carbocycles. The number of aliphatic hydroxyl groups excluding tert-OH is 1. The van der Waals surface area contributed by atoms with Crippen molar-refractivity contribution in [3.63, 3.8) is 0 Å². The molecule has 1 aliphatic carbocycles. The minimum Gasteiger partial charge on any atom is -0.459 e. The van der Waals surface area contributed by atoms with Crippen molar-refractivity contribution in [3.8, 4) is 11.3 Å². The highest BCUT2D eigenvalue weighted by Gasteiger charge is 2.24. The third-order valence-electron chi connectivity index (χ3n) is 4.35. The van der Waals surface area contributed by atoms with Crippen LogP contribution in [0.1, 0.15) is 25.0 Å². The summed E-state index contributed by atoms with van der Waals surface area (Å²) in [6.07, 6.45) is 2.81. The number of benzene rings is 1. The number of hydrogen-bond donors (Lipinski definition) is 2. The van der Waals surface area contributed by atoms with E-state index in [0.29, 0.717) is 23.8 Å². The number of hydrogen-bond acceptors (Lipinski definition) is 5. The highest BCUT2D eigenvalue weighted by Crippen LogP contribution is 2.31. The quantitative estimate of drug-likeness (QED) is 0.631. The van der Waals surface area contributed by atoms with Crippen molar-refractivity contribution in [2.45, 2.75) is 31.9 Å². The van der Waals surface area contributed by atoms with E-state index in [1.165, 1.54) is 6.07 Å². The van der Waals surface area contributed by atoms with Gasteiger partial charge in [-0.25, -0.2) is 0 Å². The summed E-state index contributed by atoms with van der Waals surface area (Å²) in [5.74, 6) is 1.53. The SMILES string of the molecule is O=[N+]([O-])c1ccccc1-c1ccc(CNCC2CCCC2O)o1. The molecule has 23 heavy (non-hydrogen) atoms. The normalized spacial score (nSPS) is 20.7. The van der Waals surface area contributed by atoms with Gasteiger partial charge in [-0.15, -0.1) is 0 Å². The number of nitro groups is 1. The van der Waals surface area contributed by atoms with E-state index in [1.807, 2.05) is 6.07 Å². The van der Waals surface area contributed by atoms with Gasteiger partial charge in [-0.2, -0.15) is 0 Å². The lowest BCUT2D eigenvalue weighted by molar-refractivity contribution is -0.384. The highest BCUT2D eigenvalue weighted by atomic mass is 16.6. The first kappa shape index (κ1) is 15.7. The second-order valence-electron chi connectivity index (χ2n) is 5.93. The van der Waals surface area contributed by atoms with Gasteiger partial charge in [0.1, 0.15) is 11.5 Å². The zero-order valence-electron chi connectivity index (χ0n) is 12.8. The maximum atomic E-state index is 11.1. The summed E-state index contributed by atoms with van der Waals surface area (Å²) < 4.78 is 5.72. The standard InChI is InChI=1S/C17H20N2O4/c20-16-7-3-4-12(16)10-18-11-13-8-9-17(23-13)14-5-1-2-6-15(14)19(21)22/h1-2,5-6,8-9,12,16,18,20H,3-4,7,10-11H2. The maximum Gasteiger partial charge on any atom is 0.280 e. The van der Waals surface area contributed by atoms with Crippen LogP contribution in [-0.2, 0) is 6.54 Å². The summed E-state index contributed by atoms with van der Waals surface area (Å²) >= 11 is 0. The number of nitro benzene ring substituents is 1. The molecule has 122 valence electrons. The Kier molecular flexibility index (Phi) is 4.73. The molecule has 2 N–H and O–H groups in total. The zero-order valence-corrected chi connectivity index (χ0v) is 12.8. The van der Waals surface area contributed by atoms with Gasteiger partial charge in [-0.3, -0.25) is 10.1 Å². The molecule has 6 nitrogen and oxygen atoms in total. The molecule has 2 aromatic rings. The molecule has 0 amide bonds. The van der Waals surface area contributed by atoms with Gasteiger partial charge in [0.2, 0.25) is 0 Å². The maximum absolute atomic E-state index is 11.1. The first-order chi connectivity index (χ1) is 11.1. The van der Waals surface area contributed by atoms with Crippen LogP contribution in [0.15, 0.2) is 40.8 Å². The molecule has 0 saturated heterocycles. The molecule has 1 aliphatic rings. The van der Waals surface area contributed by atoms with Crippen LogP contribution in [0.4, 0.5) is 5.69 Å². The van der Waals surface area contributed by atoms with Crippen molar-refractivity contribution in [2.75, 3.05) is 6.54 Å². The van der Waals surface area contributed by atoms with E-state index in [9.17, 15) is 15.2 Å². The molecule has 1 aromatic heterocycles. The van der Waals surface area contributed by atoms with Crippen molar-refractivity contribution in [3.05, 3.63) is 52.3 Å². The fourth-order valence-electron chi connectivity index (χ4n) is 3.10. The monoisotopic (exact) mass is 316 g/mol. The Morgan fingerprint density at radius 2 is 2.09 bits per heavy atom. The summed E-state index contributed by atoms with van der Waals surface area (Å²) in [6.45, 7) is 1.30. The smallest absolute Gasteiger partial charge is 0.280 e. The average molecular weight is 316 g/mol. The predicted molar refractivity (Wildman–Crippen MR) is 85.9 cm³/mol. The molecule has 6 heteroatoms. The van der Waals surface area contributed by atoms with E-state index in [4.69, 9.17) is 4.42 Å². The minimum absolute atomic E-state index is 0.0374. The third-order valence-corrected chi connectivity index (χ3v) is 4.35. The number of nitrogens with one attached hydrogen (secondary N) is 1. The van der Waals surface area contributed by atoms with E-state index < -0.39 is 4.92 Å². The third kappa shape index (κ3) is 3.60. The lowest BCUT2D eigenvalue weighted by Gasteiger charge is -2.14. The van der Waals surface area contributed by atoms with Crippen LogP contribution in [0, 0.1) is 16.0 Å². The fraction of sp³-hybridized carbons (Fsp3) is 0.412. The molecule has 2 atom stereocenters. The van der Waals surface area contributed by atoms with Gasteiger partial charge in [0.15, 0.2) is 0 Å². The Balaban J connectivity index is 1.63. The number of furan rings is 1. The minimum atomic E-state index is -0.405. The Morgan fingerprint density at radius 3 is 2.83 bits per heavy atom. The lowest BCUT2D eigenvalue weighted by atomic mass is 10.1. The van der Waals surface area contributed by atoms with E-state index >= 15 is 0 Å². The van der Waals surface area contributed by atoms with Crippen molar-refractivity contribution in [1.29, 1.82) is 0 Å². The van der Waals surface area contributed by atoms with Gasteiger partial charge in [0, 0.05) is 12.6 Å². The topological polar surface area (TPSA) is 88.5 Å². The van der Waals surface area contributed by atoms with Gasteiger partial charge in [-0.05, 0) is 37.0 Å². The summed E-state index contributed by atoms with van der Waals surface area (Å²) in [5, 5.41) is 24.2. The van der Waals surface area contributed by atoms with Crippen molar-refractivity contribution < 1.29 is 14.4 Å². The van der Waals surface area contributed by atoms with Gasteiger partial charge >= 0.3 is 0 Å². The van der Waals surface area contributed by atoms with Gasteiger partial charge in [-0.1, -0.05) is 18.6 Å². The molecule has 1 fully saturated rings. The summed E-state index contributed by atoms with van der Waals surface area (Å²) in [4.78, 5) is 10.7. The van der Waals surface area contributed by atoms with E-state index in [2.05, 4.69) is 5.32 Å². The molecular formula is C17H20N2O4.